The number of piperidine rings is 1. The Balaban J connectivity index is 1.14. The number of piperazine rings is 1. The van der Waals surface area contributed by atoms with Crippen molar-refractivity contribution in [2.45, 2.75) is 63.6 Å². The highest BCUT2D eigenvalue weighted by atomic mass is 16.3. The first-order chi connectivity index (χ1) is 21.8. The van der Waals surface area contributed by atoms with Gasteiger partial charge in [0.2, 0.25) is 5.95 Å². The van der Waals surface area contributed by atoms with Crippen LogP contribution >= 0.6 is 0 Å². The van der Waals surface area contributed by atoms with Crippen molar-refractivity contribution in [1.29, 1.82) is 0 Å². The first-order valence-electron chi connectivity index (χ1n) is 16.5. The van der Waals surface area contributed by atoms with Crippen molar-refractivity contribution in [2.75, 3.05) is 56.5 Å². The third kappa shape index (κ3) is 6.08. The maximum Gasteiger partial charge on any atom is 0.258 e. The number of aryl methyl sites for hydroxylation is 1. The van der Waals surface area contributed by atoms with Crippen molar-refractivity contribution in [2.24, 2.45) is 7.05 Å². The summed E-state index contributed by atoms with van der Waals surface area (Å²) in [5.74, 6) is 0.331. The van der Waals surface area contributed by atoms with Crippen LogP contribution in [0, 0.1) is 6.92 Å². The highest BCUT2D eigenvalue weighted by molar-refractivity contribution is 6.04. The standard InChI is InChI=1S/C34H45N9O2/c1-23-29(22-36-40(23)3)31-20-24(10-13-35-31)33(45)38-34-37-30-9-6-27(21-32(30)43(34)26-4-7-28(44)8-5-26)41-14-11-25(12-15-41)42-18-16-39(2)17-19-42/h6,9-10,13,20-22,25-26,28,44H,4-5,7-8,11-12,14-19H2,1-3H3,(H,37,38,45). The minimum Gasteiger partial charge on any atom is -0.393 e. The van der Waals surface area contributed by atoms with E-state index in [0.717, 1.165) is 74.2 Å². The van der Waals surface area contributed by atoms with Crippen molar-refractivity contribution in [3.63, 3.8) is 0 Å². The van der Waals surface area contributed by atoms with Gasteiger partial charge in [-0.15, -0.1) is 0 Å². The number of aliphatic hydroxyl groups excluding tert-OH is 1. The Bertz CT molecular complexity index is 1660. The monoisotopic (exact) mass is 611 g/mol. The predicted octanol–water partition coefficient (Wildman–Crippen LogP) is 4.08. The van der Waals surface area contributed by atoms with Crippen molar-refractivity contribution >= 4 is 28.6 Å². The van der Waals surface area contributed by atoms with Crippen LogP contribution in [0.25, 0.3) is 22.3 Å². The van der Waals surface area contributed by atoms with Crippen LogP contribution in [0.4, 0.5) is 11.6 Å². The SMILES string of the molecule is Cc1c(-c2cc(C(=O)Nc3nc4ccc(N5CCC(N6CCN(C)CC6)CC5)cc4n3C3CCC(O)CC3)ccn2)cnn1C. The first-order valence-corrected chi connectivity index (χ1v) is 16.5. The average molecular weight is 612 g/mol. The van der Waals surface area contributed by atoms with Crippen molar-refractivity contribution in [1.82, 2.24) is 34.1 Å². The zero-order valence-electron chi connectivity index (χ0n) is 26.7. The molecule has 0 unspecified atom stereocenters. The fourth-order valence-corrected chi connectivity index (χ4v) is 7.37. The molecule has 3 fully saturated rings. The molecule has 0 bridgehead atoms. The average Bonchev–Trinajstić information content (AvgIpc) is 3.59. The Labute approximate surface area is 264 Å². The lowest BCUT2D eigenvalue weighted by atomic mass is 9.93. The third-order valence-electron chi connectivity index (χ3n) is 10.3. The van der Waals surface area contributed by atoms with Gasteiger partial charge in [-0.2, -0.15) is 5.10 Å². The molecule has 3 aliphatic rings. The number of likely N-dealkylation sites (N-methyl/N-ethyl adjacent to an activating group) is 1. The summed E-state index contributed by atoms with van der Waals surface area (Å²) in [6.45, 7) is 8.72. The number of amides is 1. The van der Waals surface area contributed by atoms with Gasteiger partial charge in [0.15, 0.2) is 0 Å². The molecule has 3 aromatic heterocycles. The number of pyridine rings is 1. The number of imidazole rings is 1. The summed E-state index contributed by atoms with van der Waals surface area (Å²) in [5, 5.41) is 17.7. The number of carbonyl (C=O) groups is 1. The summed E-state index contributed by atoms with van der Waals surface area (Å²) in [5.41, 5.74) is 6.23. The molecule has 7 rings (SSSR count). The second-order valence-electron chi connectivity index (χ2n) is 13.1. The van der Waals surface area contributed by atoms with Crippen LogP contribution in [0.1, 0.15) is 60.6 Å². The fourth-order valence-electron chi connectivity index (χ4n) is 7.37. The number of anilines is 2. The minimum absolute atomic E-state index is 0.151. The highest BCUT2D eigenvalue weighted by Crippen LogP contribution is 2.36. The molecular formula is C34H45N9O2. The van der Waals surface area contributed by atoms with Crippen LogP contribution < -0.4 is 10.2 Å². The van der Waals surface area contributed by atoms with Gasteiger partial charge >= 0.3 is 0 Å². The van der Waals surface area contributed by atoms with Gasteiger partial charge in [0.05, 0.1) is 29.0 Å². The second kappa shape index (κ2) is 12.5. The van der Waals surface area contributed by atoms with E-state index in [1.807, 2.05) is 20.0 Å². The van der Waals surface area contributed by atoms with Gasteiger partial charge in [0.25, 0.3) is 5.91 Å². The van der Waals surface area contributed by atoms with Gasteiger partial charge in [0, 0.05) is 87.1 Å². The van der Waals surface area contributed by atoms with Crippen molar-refractivity contribution in [3.05, 3.63) is 54.0 Å². The van der Waals surface area contributed by atoms with E-state index < -0.39 is 0 Å². The van der Waals surface area contributed by atoms with Crippen LogP contribution in [-0.2, 0) is 7.05 Å². The summed E-state index contributed by atoms with van der Waals surface area (Å²) in [6, 6.07) is 10.9. The topological polar surface area (TPSA) is 108 Å². The number of rotatable bonds is 6. The first kappa shape index (κ1) is 29.9. The Morgan fingerprint density at radius 3 is 2.38 bits per heavy atom. The van der Waals surface area contributed by atoms with E-state index in [1.165, 1.54) is 31.6 Å². The molecule has 11 nitrogen and oxygen atoms in total. The van der Waals surface area contributed by atoms with Crippen molar-refractivity contribution in [3.8, 4) is 11.3 Å². The molecule has 1 aliphatic carbocycles. The maximum atomic E-state index is 13.7. The third-order valence-corrected chi connectivity index (χ3v) is 10.3. The number of carbonyl (C=O) groups excluding carboxylic acids is 1. The molecule has 5 heterocycles. The number of fused-ring (bicyclic) bond motifs is 1. The molecular weight excluding hydrogens is 566 g/mol. The molecule has 1 amide bonds. The molecule has 2 aliphatic heterocycles. The molecule has 0 spiro atoms. The van der Waals surface area contributed by atoms with Crippen LogP contribution in [0.5, 0.6) is 0 Å². The lowest BCUT2D eigenvalue weighted by Crippen LogP contribution is -2.52. The lowest BCUT2D eigenvalue weighted by molar-refractivity contribution is 0.0982. The van der Waals surface area contributed by atoms with Crippen LogP contribution in [0.3, 0.4) is 0 Å². The zero-order valence-corrected chi connectivity index (χ0v) is 26.7. The Morgan fingerprint density at radius 2 is 1.67 bits per heavy atom. The smallest absolute Gasteiger partial charge is 0.258 e. The van der Waals surface area contributed by atoms with Gasteiger partial charge in [-0.3, -0.25) is 24.7 Å². The summed E-state index contributed by atoms with van der Waals surface area (Å²) in [6.07, 6.45) is 8.71. The number of aromatic nitrogens is 5. The van der Waals surface area contributed by atoms with Gasteiger partial charge in [-0.25, -0.2) is 4.98 Å². The molecule has 0 atom stereocenters. The van der Waals surface area contributed by atoms with Gasteiger partial charge in [-0.05, 0) is 82.8 Å². The molecule has 238 valence electrons. The van der Waals surface area contributed by atoms with Crippen LogP contribution in [0.2, 0.25) is 0 Å². The number of benzene rings is 1. The summed E-state index contributed by atoms with van der Waals surface area (Å²) >= 11 is 0. The van der Waals surface area contributed by atoms with E-state index in [9.17, 15) is 9.90 Å². The molecule has 2 saturated heterocycles. The highest BCUT2D eigenvalue weighted by Gasteiger charge is 2.29. The normalized spacial score (nSPS) is 22.3. The number of hydrogen-bond acceptors (Lipinski definition) is 8. The molecule has 45 heavy (non-hydrogen) atoms. The number of nitrogens with zero attached hydrogens (tertiary/aromatic N) is 8. The van der Waals surface area contributed by atoms with E-state index in [0.29, 0.717) is 23.2 Å². The van der Waals surface area contributed by atoms with Gasteiger partial charge in [-0.1, -0.05) is 0 Å². The number of hydrogen-bond donors (Lipinski definition) is 2. The molecule has 1 saturated carbocycles. The predicted molar refractivity (Wildman–Crippen MR) is 177 cm³/mol. The van der Waals surface area contributed by atoms with E-state index in [4.69, 9.17) is 4.98 Å². The summed E-state index contributed by atoms with van der Waals surface area (Å²) in [4.78, 5) is 30.7. The molecule has 2 N–H and O–H groups in total. The van der Waals surface area contributed by atoms with Gasteiger partial charge in [0.1, 0.15) is 0 Å². The molecule has 11 heteroatoms. The Hall–Kier alpha value is -3.80. The minimum atomic E-state index is -0.266. The molecule has 4 aromatic rings. The van der Waals surface area contributed by atoms with E-state index in [1.54, 1.807) is 23.1 Å². The molecule has 1 aromatic carbocycles. The quantitative estimate of drug-likeness (QED) is 0.336. The van der Waals surface area contributed by atoms with Gasteiger partial charge < -0.3 is 19.5 Å². The van der Waals surface area contributed by atoms with Crippen LogP contribution in [-0.4, -0.2) is 104 Å². The van der Waals surface area contributed by atoms with E-state index >= 15 is 0 Å². The zero-order chi connectivity index (χ0) is 31.1. The Morgan fingerprint density at radius 1 is 0.911 bits per heavy atom. The fraction of sp³-hybridized carbons (Fsp3) is 0.529. The number of aliphatic hydroxyl groups is 1. The second-order valence-corrected chi connectivity index (χ2v) is 13.1. The summed E-state index contributed by atoms with van der Waals surface area (Å²) < 4.78 is 4.02. The Kier molecular flexibility index (Phi) is 8.32. The van der Waals surface area contributed by atoms with E-state index in [-0.39, 0.29) is 18.1 Å². The lowest BCUT2D eigenvalue weighted by Gasteiger charge is -2.42. The largest absolute Gasteiger partial charge is 0.393 e. The van der Waals surface area contributed by atoms with E-state index in [2.05, 4.69) is 59.9 Å². The maximum absolute atomic E-state index is 13.7. The summed E-state index contributed by atoms with van der Waals surface area (Å²) in [7, 11) is 4.11. The number of nitrogens with one attached hydrogen (secondary N) is 1. The van der Waals surface area contributed by atoms with Crippen molar-refractivity contribution < 1.29 is 9.90 Å². The van der Waals surface area contributed by atoms with Crippen LogP contribution in [0.15, 0.2) is 42.7 Å². The molecule has 0 radical (unpaired) electrons.